The molecule has 0 bridgehead atoms. The predicted octanol–water partition coefficient (Wildman–Crippen LogP) is 4.29. The van der Waals surface area contributed by atoms with E-state index in [0.29, 0.717) is 29.7 Å². The summed E-state index contributed by atoms with van der Waals surface area (Å²) in [5, 5.41) is 3.26. The molecule has 0 fully saturated rings. The van der Waals surface area contributed by atoms with E-state index in [1.54, 1.807) is 24.3 Å². The predicted molar refractivity (Wildman–Crippen MR) is 98.1 cm³/mol. The van der Waals surface area contributed by atoms with E-state index >= 15 is 0 Å². The summed E-state index contributed by atoms with van der Waals surface area (Å²) in [6.07, 6.45) is 0. The van der Waals surface area contributed by atoms with E-state index in [1.807, 2.05) is 6.92 Å². The lowest BCUT2D eigenvalue weighted by atomic mass is 10.2. The number of carbonyl (C=O) groups excluding carboxylic acids is 1. The number of benzene rings is 2. The fourth-order valence-electron chi connectivity index (χ4n) is 2.09. The van der Waals surface area contributed by atoms with E-state index in [9.17, 15) is 9.18 Å². The van der Waals surface area contributed by atoms with Gasteiger partial charge in [-0.1, -0.05) is 11.6 Å². The molecule has 0 saturated heterocycles. The first kappa shape index (κ1) is 19.4. The lowest BCUT2D eigenvalue weighted by Crippen LogP contribution is -2.24. The van der Waals surface area contributed by atoms with Crippen molar-refractivity contribution in [2.24, 2.45) is 0 Å². The van der Waals surface area contributed by atoms with Gasteiger partial charge in [-0.3, -0.25) is 4.79 Å². The van der Waals surface area contributed by atoms with Gasteiger partial charge in [0.15, 0.2) is 11.5 Å². The van der Waals surface area contributed by atoms with Gasteiger partial charge in [0.05, 0.1) is 24.5 Å². The van der Waals surface area contributed by atoms with Crippen LogP contribution in [0, 0.1) is 5.82 Å². The van der Waals surface area contributed by atoms with E-state index in [0.717, 1.165) is 10.5 Å². The van der Waals surface area contributed by atoms with Crippen LogP contribution in [0.4, 0.5) is 4.39 Å². The molecule has 0 aliphatic heterocycles. The van der Waals surface area contributed by atoms with Gasteiger partial charge in [0.25, 0.3) is 0 Å². The largest absolute Gasteiger partial charge is 0.493 e. The summed E-state index contributed by atoms with van der Waals surface area (Å²) in [5.41, 5.74) is 0.811. The van der Waals surface area contributed by atoms with Crippen LogP contribution >= 0.6 is 23.4 Å². The molecule has 4 nitrogen and oxygen atoms in total. The monoisotopic (exact) mass is 383 g/mol. The van der Waals surface area contributed by atoms with Crippen molar-refractivity contribution in [1.29, 1.82) is 0 Å². The first-order valence-corrected chi connectivity index (χ1v) is 9.04. The molecule has 0 unspecified atom stereocenters. The minimum Gasteiger partial charge on any atom is -0.493 e. The van der Waals surface area contributed by atoms with Gasteiger partial charge in [-0.25, -0.2) is 4.39 Å². The second-order valence-electron chi connectivity index (χ2n) is 5.06. The number of ether oxygens (including phenoxy) is 2. The molecule has 1 amide bonds. The van der Waals surface area contributed by atoms with Gasteiger partial charge >= 0.3 is 0 Å². The fourth-order valence-corrected chi connectivity index (χ4v) is 3.11. The van der Waals surface area contributed by atoms with E-state index < -0.39 is 0 Å². The number of rotatable bonds is 8. The van der Waals surface area contributed by atoms with Crippen molar-refractivity contribution < 1.29 is 18.7 Å². The number of halogens is 2. The van der Waals surface area contributed by atoms with Gasteiger partial charge in [-0.15, -0.1) is 11.8 Å². The summed E-state index contributed by atoms with van der Waals surface area (Å²) in [6, 6.07) is 9.55. The van der Waals surface area contributed by atoms with Gasteiger partial charge in [0, 0.05) is 11.4 Å². The summed E-state index contributed by atoms with van der Waals surface area (Å²) < 4.78 is 23.6. The van der Waals surface area contributed by atoms with Crippen LogP contribution < -0.4 is 14.8 Å². The quantitative estimate of drug-likeness (QED) is 0.690. The zero-order valence-corrected chi connectivity index (χ0v) is 15.5. The molecule has 0 radical (unpaired) electrons. The highest BCUT2D eigenvalue weighted by Crippen LogP contribution is 2.36. The van der Waals surface area contributed by atoms with Crippen LogP contribution in [0.25, 0.3) is 0 Å². The molecule has 25 heavy (non-hydrogen) atoms. The molecule has 0 spiro atoms. The molecule has 0 saturated carbocycles. The van der Waals surface area contributed by atoms with Crippen LogP contribution in [0.15, 0.2) is 41.3 Å². The molecule has 0 aliphatic rings. The molecule has 0 heterocycles. The lowest BCUT2D eigenvalue weighted by molar-refractivity contribution is -0.118. The minimum absolute atomic E-state index is 0.127. The Kier molecular flexibility index (Phi) is 7.40. The Bertz CT molecular complexity index is 725. The molecule has 2 aromatic carbocycles. The maximum absolute atomic E-state index is 12.8. The number of carbonyl (C=O) groups is 1. The van der Waals surface area contributed by atoms with Crippen molar-refractivity contribution in [3.63, 3.8) is 0 Å². The van der Waals surface area contributed by atoms with Crippen molar-refractivity contribution in [3.8, 4) is 11.5 Å². The zero-order chi connectivity index (χ0) is 18.2. The van der Waals surface area contributed by atoms with Crippen molar-refractivity contribution in [1.82, 2.24) is 5.32 Å². The molecular formula is C18H19ClFNO3S. The molecule has 0 atom stereocenters. The van der Waals surface area contributed by atoms with Crippen LogP contribution in [0.5, 0.6) is 11.5 Å². The molecule has 2 aromatic rings. The number of thioether (sulfide) groups is 1. The van der Waals surface area contributed by atoms with E-state index in [-0.39, 0.29) is 17.5 Å². The molecule has 2 rings (SSSR count). The molecule has 1 N–H and O–H groups in total. The van der Waals surface area contributed by atoms with Gasteiger partial charge in [0.2, 0.25) is 5.91 Å². The molecule has 134 valence electrons. The molecule has 7 heteroatoms. The summed E-state index contributed by atoms with van der Waals surface area (Å²) in [5.74, 6) is 0.842. The van der Waals surface area contributed by atoms with Gasteiger partial charge in [-0.05, 0) is 48.9 Å². The highest BCUT2D eigenvalue weighted by Gasteiger charge is 2.12. The maximum atomic E-state index is 12.8. The zero-order valence-electron chi connectivity index (χ0n) is 14.0. The number of nitrogens with one attached hydrogen (secondary N) is 1. The summed E-state index contributed by atoms with van der Waals surface area (Å²) >= 11 is 7.55. The third-order valence-electron chi connectivity index (χ3n) is 3.25. The number of hydrogen-bond donors (Lipinski definition) is 1. The lowest BCUT2D eigenvalue weighted by Gasteiger charge is -2.13. The number of methoxy groups -OCH3 is 1. The van der Waals surface area contributed by atoms with Crippen molar-refractivity contribution >= 4 is 29.3 Å². The molecule has 0 aromatic heterocycles. The van der Waals surface area contributed by atoms with Crippen LogP contribution in [-0.4, -0.2) is 25.4 Å². The topological polar surface area (TPSA) is 47.6 Å². The van der Waals surface area contributed by atoms with Crippen molar-refractivity contribution in [2.45, 2.75) is 18.4 Å². The number of amides is 1. The first-order chi connectivity index (χ1) is 12.0. The Morgan fingerprint density at radius 2 is 2.00 bits per heavy atom. The van der Waals surface area contributed by atoms with Gasteiger partial charge in [-0.2, -0.15) is 0 Å². The van der Waals surface area contributed by atoms with Crippen LogP contribution in [0.2, 0.25) is 5.02 Å². The van der Waals surface area contributed by atoms with Gasteiger partial charge < -0.3 is 14.8 Å². The summed E-state index contributed by atoms with van der Waals surface area (Å²) in [4.78, 5) is 12.8. The Labute approximate surface area is 155 Å². The Balaban J connectivity index is 1.90. The Morgan fingerprint density at radius 1 is 1.28 bits per heavy atom. The summed E-state index contributed by atoms with van der Waals surface area (Å²) in [6.45, 7) is 2.67. The Morgan fingerprint density at radius 3 is 2.64 bits per heavy atom. The standard InChI is InChI=1S/C18H19ClFNO3S/c1-3-24-18-15(19)8-12(9-16(18)23-2)10-21-17(22)11-25-14-6-4-13(20)5-7-14/h4-9H,3,10-11H2,1-2H3,(H,21,22). The first-order valence-electron chi connectivity index (χ1n) is 7.67. The molecule has 0 aliphatic carbocycles. The van der Waals surface area contributed by atoms with Gasteiger partial charge in [0.1, 0.15) is 5.82 Å². The second kappa shape index (κ2) is 9.53. The number of hydrogen-bond acceptors (Lipinski definition) is 4. The smallest absolute Gasteiger partial charge is 0.230 e. The second-order valence-corrected chi connectivity index (χ2v) is 6.52. The highest BCUT2D eigenvalue weighted by atomic mass is 35.5. The normalized spacial score (nSPS) is 10.4. The van der Waals surface area contributed by atoms with E-state index in [1.165, 1.54) is 31.0 Å². The average Bonchev–Trinajstić information content (AvgIpc) is 2.61. The SMILES string of the molecule is CCOc1c(Cl)cc(CNC(=O)CSc2ccc(F)cc2)cc1OC. The van der Waals surface area contributed by atoms with E-state index in [4.69, 9.17) is 21.1 Å². The molecular weight excluding hydrogens is 365 g/mol. The minimum atomic E-state index is -0.296. The average molecular weight is 384 g/mol. The van der Waals surface area contributed by atoms with Crippen LogP contribution in [0.1, 0.15) is 12.5 Å². The third-order valence-corrected chi connectivity index (χ3v) is 4.54. The third kappa shape index (κ3) is 5.83. The van der Waals surface area contributed by atoms with Crippen molar-refractivity contribution in [2.75, 3.05) is 19.5 Å². The van der Waals surface area contributed by atoms with Crippen LogP contribution in [-0.2, 0) is 11.3 Å². The highest BCUT2D eigenvalue weighted by molar-refractivity contribution is 8.00. The summed E-state index contributed by atoms with van der Waals surface area (Å²) in [7, 11) is 1.54. The van der Waals surface area contributed by atoms with Crippen molar-refractivity contribution in [3.05, 3.63) is 52.8 Å². The van der Waals surface area contributed by atoms with Crippen LogP contribution in [0.3, 0.4) is 0 Å². The fraction of sp³-hybridized carbons (Fsp3) is 0.278. The maximum Gasteiger partial charge on any atom is 0.230 e. The Hall–Kier alpha value is -1.92. The van der Waals surface area contributed by atoms with E-state index in [2.05, 4.69) is 5.32 Å².